The molecule has 2 N–H and O–H groups in total. The average Bonchev–Trinajstić information content (AvgIpc) is 3.15. The summed E-state index contributed by atoms with van der Waals surface area (Å²) in [6, 6.07) is 11.3. The van der Waals surface area contributed by atoms with E-state index in [1.807, 2.05) is 35.7 Å². The van der Waals surface area contributed by atoms with Gasteiger partial charge in [-0.05, 0) is 35.6 Å². The number of nitrogens with one attached hydrogen (secondary N) is 2. The molecule has 0 spiro atoms. The van der Waals surface area contributed by atoms with Crippen molar-refractivity contribution in [3.63, 3.8) is 0 Å². The van der Waals surface area contributed by atoms with Crippen molar-refractivity contribution < 1.29 is 14.3 Å². The van der Waals surface area contributed by atoms with Crippen molar-refractivity contribution in [3.05, 3.63) is 52.2 Å². The Kier molecular flexibility index (Phi) is 7.98. The minimum Gasteiger partial charge on any atom is -0.494 e. The molecule has 6 heteroatoms. The number of unbranched alkanes of at least 4 members (excludes halogenated alkanes) is 1. The second-order valence-electron chi connectivity index (χ2n) is 5.61. The minimum atomic E-state index is -0.139. The molecule has 2 amide bonds. The van der Waals surface area contributed by atoms with E-state index in [1.54, 1.807) is 6.07 Å². The molecule has 2 rings (SSSR count). The van der Waals surface area contributed by atoms with Gasteiger partial charge in [-0.15, -0.1) is 11.3 Å². The molecule has 0 unspecified atom stereocenters. The van der Waals surface area contributed by atoms with Gasteiger partial charge in [-0.2, -0.15) is 0 Å². The van der Waals surface area contributed by atoms with Crippen LogP contribution in [-0.2, 0) is 11.3 Å². The number of carbonyl (C=O) groups is 2. The maximum Gasteiger partial charge on any atom is 0.261 e. The monoisotopic (exact) mass is 360 g/mol. The van der Waals surface area contributed by atoms with Gasteiger partial charge in [0.15, 0.2) is 0 Å². The standard InChI is InChI=1S/C19H24N2O3S/c1-2-3-11-24-16-7-4-6-15(13-16)14-21-18(22)9-10-20-19(23)17-8-5-12-25-17/h4-8,12-13H,2-3,9-11,14H2,1H3,(H,20,23)(H,21,22). The Morgan fingerprint density at radius 3 is 2.80 bits per heavy atom. The van der Waals surface area contributed by atoms with Crippen LogP contribution in [0.1, 0.15) is 41.4 Å². The fourth-order valence-corrected chi connectivity index (χ4v) is 2.79. The molecule has 0 bridgehead atoms. The Balaban J connectivity index is 1.67. The average molecular weight is 360 g/mol. The van der Waals surface area contributed by atoms with Crippen molar-refractivity contribution in [2.24, 2.45) is 0 Å². The molecule has 1 heterocycles. The molecule has 0 saturated heterocycles. The first-order valence-electron chi connectivity index (χ1n) is 8.49. The Morgan fingerprint density at radius 2 is 2.04 bits per heavy atom. The molecule has 0 saturated carbocycles. The van der Waals surface area contributed by atoms with Gasteiger partial charge >= 0.3 is 0 Å². The summed E-state index contributed by atoms with van der Waals surface area (Å²) in [5.74, 6) is 0.590. The molecule has 0 radical (unpaired) electrons. The molecule has 0 atom stereocenters. The number of amides is 2. The molecule has 0 aliphatic rings. The number of rotatable bonds is 10. The molecule has 2 aromatic rings. The molecule has 1 aromatic heterocycles. The summed E-state index contributed by atoms with van der Waals surface area (Å²) in [7, 11) is 0. The lowest BCUT2D eigenvalue weighted by Gasteiger charge is -2.09. The highest BCUT2D eigenvalue weighted by Crippen LogP contribution is 2.13. The maximum atomic E-state index is 11.9. The predicted molar refractivity (Wildman–Crippen MR) is 100.0 cm³/mol. The number of ether oxygens (including phenoxy) is 1. The van der Waals surface area contributed by atoms with E-state index in [-0.39, 0.29) is 18.2 Å². The molecule has 5 nitrogen and oxygen atoms in total. The van der Waals surface area contributed by atoms with Gasteiger partial charge in [0.25, 0.3) is 5.91 Å². The first kappa shape index (κ1) is 19.0. The van der Waals surface area contributed by atoms with Crippen molar-refractivity contribution in [2.75, 3.05) is 13.2 Å². The highest BCUT2D eigenvalue weighted by atomic mass is 32.1. The zero-order valence-electron chi connectivity index (χ0n) is 14.4. The summed E-state index contributed by atoms with van der Waals surface area (Å²) in [5.41, 5.74) is 0.991. The summed E-state index contributed by atoms with van der Waals surface area (Å²) < 4.78 is 5.66. The van der Waals surface area contributed by atoms with E-state index in [0.717, 1.165) is 24.2 Å². The largest absolute Gasteiger partial charge is 0.494 e. The Morgan fingerprint density at radius 1 is 1.16 bits per heavy atom. The van der Waals surface area contributed by atoms with Crippen LogP contribution in [0.5, 0.6) is 5.75 Å². The quantitative estimate of drug-likeness (QED) is 0.639. The SMILES string of the molecule is CCCCOc1cccc(CNC(=O)CCNC(=O)c2cccs2)c1. The summed E-state index contributed by atoms with van der Waals surface area (Å²) in [4.78, 5) is 24.3. The molecule has 0 aliphatic carbocycles. The predicted octanol–water partition coefficient (Wildman–Crippen LogP) is 3.36. The van der Waals surface area contributed by atoms with E-state index in [1.165, 1.54) is 11.3 Å². The summed E-state index contributed by atoms with van der Waals surface area (Å²) in [6.45, 7) is 3.60. The molecule has 0 fully saturated rings. The van der Waals surface area contributed by atoms with Gasteiger partial charge < -0.3 is 15.4 Å². The summed E-state index contributed by atoms with van der Waals surface area (Å²) in [6.07, 6.45) is 2.38. The van der Waals surface area contributed by atoms with Crippen LogP contribution in [-0.4, -0.2) is 25.0 Å². The topological polar surface area (TPSA) is 67.4 Å². The van der Waals surface area contributed by atoms with Gasteiger partial charge in [-0.3, -0.25) is 9.59 Å². The van der Waals surface area contributed by atoms with E-state index in [2.05, 4.69) is 17.6 Å². The molecule has 0 aliphatic heterocycles. The van der Waals surface area contributed by atoms with Crippen LogP contribution in [0.4, 0.5) is 0 Å². The molecular formula is C19H24N2O3S. The van der Waals surface area contributed by atoms with Crippen molar-refractivity contribution in [1.82, 2.24) is 10.6 Å². The third-order valence-electron chi connectivity index (χ3n) is 3.54. The van der Waals surface area contributed by atoms with E-state index in [4.69, 9.17) is 4.74 Å². The van der Waals surface area contributed by atoms with Crippen LogP contribution >= 0.6 is 11.3 Å². The number of hydrogen-bond donors (Lipinski definition) is 2. The van der Waals surface area contributed by atoms with E-state index in [9.17, 15) is 9.59 Å². The van der Waals surface area contributed by atoms with Gasteiger partial charge in [-0.1, -0.05) is 31.5 Å². The van der Waals surface area contributed by atoms with Crippen molar-refractivity contribution in [3.8, 4) is 5.75 Å². The lowest BCUT2D eigenvalue weighted by molar-refractivity contribution is -0.121. The second kappa shape index (κ2) is 10.5. The van der Waals surface area contributed by atoms with Gasteiger partial charge in [0.1, 0.15) is 5.75 Å². The van der Waals surface area contributed by atoms with Crippen molar-refractivity contribution in [2.45, 2.75) is 32.7 Å². The lowest BCUT2D eigenvalue weighted by atomic mass is 10.2. The maximum absolute atomic E-state index is 11.9. The zero-order valence-corrected chi connectivity index (χ0v) is 15.2. The fourth-order valence-electron chi connectivity index (χ4n) is 2.15. The van der Waals surface area contributed by atoms with Crippen LogP contribution in [0.15, 0.2) is 41.8 Å². The lowest BCUT2D eigenvalue weighted by Crippen LogP contribution is -2.30. The first-order chi connectivity index (χ1) is 12.2. The van der Waals surface area contributed by atoms with Crippen molar-refractivity contribution in [1.29, 1.82) is 0 Å². The van der Waals surface area contributed by atoms with Crippen LogP contribution in [0, 0.1) is 0 Å². The van der Waals surface area contributed by atoms with Gasteiger partial charge in [0.05, 0.1) is 11.5 Å². The van der Waals surface area contributed by atoms with Gasteiger partial charge in [0, 0.05) is 19.5 Å². The first-order valence-corrected chi connectivity index (χ1v) is 9.37. The normalized spacial score (nSPS) is 10.3. The number of carbonyl (C=O) groups excluding carboxylic acids is 2. The van der Waals surface area contributed by atoms with Gasteiger partial charge in [-0.25, -0.2) is 0 Å². The van der Waals surface area contributed by atoms with Crippen LogP contribution in [0.25, 0.3) is 0 Å². The Labute approximate surface area is 152 Å². The zero-order chi connectivity index (χ0) is 17.9. The van der Waals surface area contributed by atoms with Gasteiger partial charge in [0.2, 0.25) is 5.91 Å². The van der Waals surface area contributed by atoms with E-state index >= 15 is 0 Å². The van der Waals surface area contributed by atoms with Crippen LogP contribution in [0.2, 0.25) is 0 Å². The number of benzene rings is 1. The fraction of sp³-hybridized carbons (Fsp3) is 0.368. The Bertz CT molecular complexity index is 671. The third-order valence-corrected chi connectivity index (χ3v) is 4.41. The van der Waals surface area contributed by atoms with E-state index in [0.29, 0.717) is 24.6 Å². The smallest absolute Gasteiger partial charge is 0.261 e. The number of hydrogen-bond acceptors (Lipinski definition) is 4. The molecule has 1 aromatic carbocycles. The number of thiophene rings is 1. The third kappa shape index (κ3) is 6.97. The van der Waals surface area contributed by atoms with Crippen LogP contribution < -0.4 is 15.4 Å². The molecule has 25 heavy (non-hydrogen) atoms. The molecular weight excluding hydrogens is 336 g/mol. The minimum absolute atomic E-state index is 0.0937. The van der Waals surface area contributed by atoms with E-state index < -0.39 is 0 Å². The molecule has 134 valence electrons. The highest BCUT2D eigenvalue weighted by Gasteiger charge is 2.07. The van der Waals surface area contributed by atoms with Crippen LogP contribution in [0.3, 0.4) is 0 Å². The highest BCUT2D eigenvalue weighted by molar-refractivity contribution is 7.12. The Hall–Kier alpha value is -2.34. The van der Waals surface area contributed by atoms with Crippen molar-refractivity contribution >= 4 is 23.2 Å². The second-order valence-corrected chi connectivity index (χ2v) is 6.56. The summed E-state index contributed by atoms with van der Waals surface area (Å²) >= 11 is 1.38. The summed E-state index contributed by atoms with van der Waals surface area (Å²) in [5, 5.41) is 7.45.